The lowest BCUT2D eigenvalue weighted by molar-refractivity contribution is -0.325. The molecule has 3 rings (SSSR count). The van der Waals surface area contributed by atoms with Gasteiger partial charge in [0.2, 0.25) is 0 Å². The zero-order valence-corrected chi connectivity index (χ0v) is 20.3. The van der Waals surface area contributed by atoms with E-state index in [0.29, 0.717) is 0 Å². The van der Waals surface area contributed by atoms with Gasteiger partial charge in [0, 0.05) is 19.2 Å². The Morgan fingerprint density at radius 2 is 1.95 bits per heavy atom. The molecule has 38 heavy (non-hydrogen) atoms. The maximum Gasteiger partial charge on any atom is 0.364 e. The van der Waals surface area contributed by atoms with Gasteiger partial charge in [-0.05, 0) is 6.07 Å². The summed E-state index contributed by atoms with van der Waals surface area (Å²) in [7, 11) is -5.71. The van der Waals surface area contributed by atoms with Crippen LogP contribution in [0, 0.1) is 0 Å². The number of phosphoric ester groups is 1. The maximum absolute atomic E-state index is 12.5. The highest BCUT2D eigenvalue weighted by atomic mass is 31.2. The summed E-state index contributed by atoms with van der Waals surface area (Å²) in [6.07, 6.45) is -16.6. The molecule has 2 aliphatic rings. The number of nitrogens with zero attached hydrogens (tertiary/aromatic N) is 2. The Bertz CT molecular complexity index is 1110. The second-order valence-corrected chi connectivity index (χ2v) is 9.95. The molecule has 1 aromatic heterocycles. The van der Waals surface area contributed by atoms with E-state index in [4.69, 9.17) is 20.9 Å². The van der Waals surface area contributed by atoms with Gasteiger partial charge in [0.15, 0.2) is 6.23 Å². The highest BCUT2D eigenvalue weighted by molar-refractivity contribution is 7.45. The van der Waals surface area contributed by atoms with Crippen LogP contribution in [0.25, 0.3) is 0 Å². The summed E-state index contributed by atoms with van der Waals surface area (Å²) >= 11 is 0. The fraction of sp³-hybridized carbons (Fsp3) is 0.722. The van der Waals surface area contributed by atoms with E-state index >= 15 is 0 Å². The normalized spacial score (nSPS) is 36.9. The number of rotatable bonds is 10. The third-order valence-corrected chi connectivity index (χ3v) is 6.94. The van der Waals surface area contributed by atoms with E-state index in [1.54, 1.807) is 0 Å². The summed E-state index contributed by atoms with van der Waals surface area (Å²) < 4.78 is 32.9. The predicted octanol–water partition coefficient (Wildman–Crippen LogP) is -6.08. The molecule has 11 N–H and O–H groups in total. The van der Waals surface area contributed by atoms with Crippen LogP contribution < -0.4 is 22.1 Å². The molecule has 0 saturated carbocycles. The van der Waals surface area contributed by atoms with Crippen molar-refractivity contribution in [3.63, 3.8) is 0 Å². The molecule has 3 heterocycles. The van der Waals surface area contributed by atoms with Crippen molar-refractivity contribution in [2.75, 3.05) is 18.9 Å². The number of carboxylic acid groups (broad SMARTS) is 1. The van der Waals surface area contributed by atoms with Crippen LogP contribution in [0.15, 0.2) is 17.1 Å². The lowest BCUT2D eigenvalue weighted by Gasteiger charge is -2.46. The summed E-state index contributed by atoms with van der Waals surface area (Å²) in [6.45, 7) is -1.62. The number of ether oxygens (including phenoxy) is 2. The van der Waals surface area contributed by atoms with Crippen molar-refractivity contribution in [2.24, 2.45) is 5.73 Å². The van der Waals surface area contributed by atoms with Gasteiger partial charge >= 0.3 is 11.7 Å². The number of carbonyl (C=O) groups is 1. The van der Waals surface area contributed by atoms with Gasteiger partial charge in [-0.15, -0.1) is 0 Å². The number of hydrogen-bond donors (Lipinski definition) is 9. The molecule has 216 valence electrons. The van der Waals surface area contributed by atoms with Crippen molar-refractivity contribution in [2.45, 2.75) is 67.3 Å². The minimum atomic E-state index is -5.71. The largest absolute Gasteiger partial charge is 0.756 e. The molecule has 2 aliphatic heterocycles. The summed E-state index contributed by atoms with van der Waals surface area (Å²) in [5, 5.41) is 70.2. The van der Waals surface area contributed by atoms with Crippen molar-refractivity contribution < 1.29 is 68.5 Å². The van der Waals surface area contributed by atoms with E-state index in [-0.39, 0.29) is 5.82 Å². The molecule has 0 bridgehead atoms. The molecular formula is C18H28N4O15P-. The summed E-state index contributed by atoms with van der Waals surface area (Å²) in [6, 6.07) is 1.20. The summed E-state index contributed by atoms with van der Waals surface area (Å²) in [4.78, 5) is 39.9. The molecule has 0 aromatic carbocycles. The first-order valence-corrected chi connectivity index (χ1v) is 12.4. The molecule has 0 radical (unpaired) electrons. The van der Waals surface area contributed by atoms with Gasteiger partial charge in [0.25, 0.3) is 13.6 Å². The van der Waals surface area contributed by atoms with E-state index < -0.39 is 99.9 Å². The number of anilines is 1. The average molecular weight is 571 g/mol. The Kier molecular flexibility index (Phi) is 9.26. The number of hydrogen-bond acceptors (Lipinski definition) is 17. The first kappa shape index (κ1) is 30.4. The molecule has 2 saturated heterocycles. The van der Waals surface area contributed by atoms with Gasteiger partial charge in [0.1, 0.15) is 42.4 Å². The smallest absolute Gasteiger partial charge is 0.364 e. The van der Waals surface area contributed by atoms with Crippen LogP contribution in [-0.2, 0) is 27.9 Å². The number of aliphatic hydroxyl groups is 6. The molecule has 11 atom stereocenters. The molecule has 0 spiro atoms. The van der Waals surface area contributed by atoms with E-state index in [9.17, 15) is 54.8 Å². The summed E-state index contributed by atoms with van der Waals surface area (Å²) in [5.74, 6) is -5.47. The molecule has 0 aliphatic carbocycles. The van der Waals surface area contributed by atoms with Crippen LogP contribution in [-0.4, -0.2) is 119 Å². The van der Waals surface area contributed by atoms with Crippen molar-refractivity contribution in [1.82, 2.24) is 9.55 Å². The topological polar surface area (TPSA) is 323 Å². The quantitative estimate of drug-likeness (QED) is 0.118. The Labute approximate surface area is 213 Å². The number of phosphoric acid groups is 1. The maximum atomic E-state index is 12.5. The molecule has 1 aromatic rings. The van der Waals surface area contributed by atoms with Gasteiger partial charge in [-0.2, -0.15) is 4.98 Å². The Morgan fingerprint density at radius 1 is 1.29 bits per heavy atom. The van der Waals surface area contributed by atoms with E-state index in [1.165, 1.54) is 6.07 Å². The van der Waals surface area contributed by atoms with Crippen molar-refractivity contribution in [1.29, 1.82) is 0 Å². The van der Waals surface area contributed by atoms with Crippen molar-refractivity contribution >= 4 is 19.6 Å². The first-order valence-electron chi connectivity index (χ1n) is 11.0. The fourth-order valence-electron chi connectivity index (χ4n) is 3.91. The van der Waals surface area contributed by atoms with Gasteiger partial charge in [0.05, 0.1) is 18.8 Å². The Balaban J connectivity index is 1.74. The molecule has 3 unspecified atom stereocenters. The summed E-state index contributed by atoms with van der Waals surface area (Å²) in [5.41, 5.74) is 9.67. The van der Waals surface area contributed by atoms with Crippen LogP contribution in [0.4, 0.5) is 5.82 Å². The van der Waals surface area contributed by atoms with Crippen LogP contribution in [0.3, 0.4) is 0 Å². The number of aliphatic carboxylic acids is 1. The average Bonchev–Trinajstić information content (AvgIpc) is 3.12. The van der Waals surface area contributed by atoms with Crippen LogP contribution >= 0.6 is 7.82 Å². The standard InChI is InChI=1S/C18H29N4O15P/c19-4-7(24)11(26)14-10(25)6(23)3-18(36-14,16(29)30)37-38(32,33)34-5-8-12(27)13(28)15(35-8)22-2-1-9(20)21-17(22)31/h1-2,6-8,10-15,23-28H,3-5,19H2,(H,29,30)(H,32,33)(H2,20,21,31)/p-1/t6-,7-,8-,10-,11-,12+,13?,14?,15-,18-/m1/s1. The lowest BCUT2D eigenvalue weighted by atomic mass is 9.91. The fourth-order valence-corrected chi connectivity index (χ4v) is 4.85. The van der Waals surface area contributed by atoms with Crippen LogP contribution in [0.5, 0.6) is 0 Å². The molecule has 2 fully saturated rings. The first-order chi connectivity index (χ1) is 17.6. The highest BCUT2D eigenvalue weighted by Crippen LogP contribution is 2.48. The molecular weight excluding hydrogens is 543 g/mol. The van der Waals surface area contributed by atoms with E-state index in [0.717, 1.165) is 10.8 Å². The zero-order valence-electron chi connectivity index (χ0n) is 19.4. The molecule has 19 nitrogen and oxygen atoms in total. The lowest BCUT2D eigenvalue weighted by Crippen LogP contribution is -2.64. The van der Waals surface area contributed by atoms with Gasteiger partial charge < -0.3 is 66.1 Å². The Hall–Kier alpha value is -2.10. The third-order valence-electron chi connectivity index (χ3n) is 5.95. The number of aliphatic hydroxyl groups excluding tert-OH is 6. The van der Waals surface area contributed by atoms with E-state index in [1.807, 2.05) is 0 Å². The zero-order chi connectivity index (χ0) is 28.6. The Morgan fingerprint density at radius 3 is 2.53 bits per heavy atom. The second-order valence-electron chi connectivity index (χ2n) is 8.62. The third kappa shape index (κ3) is 6.20. The molecule has 20 heteroatoms. The number of carboxylic acids is 1. The van der Waals surface area contributed by atoms with Crippen molar-refractivity contribution in [3.8, 4) is 0 Å². The van der Waals surface area contributed by atoms with Gasteiger partial charge in [-0.3, -0.25) is 13.7 Å². The number of nitrogens with two attached hydrogens (primary N) is 2. The van der Waals surface area contributed by atoms with Gasteiger partial charge in [-0.25, -0.2) is 9.59 Å². The van der Waals surface area contributed by atoms with E-state index in [2.05, 4.69) is 14.0 Å². The minimum absolute atomic E-state index is 0.133. The molecule has 0 amide bonds. The number of aromatic nitrogens is 2. The van der Waals surface area contributed by atoms with Crippen LogP contribution in [0.1, 0.15) is 12.6 Å². The monoisotopic (exact) mass is 571 g/mol. The SMILES string of the molecule is NC[C@@H](O)[C@@H](O)C1O[C@](OP(=O)([O-])OC[C@H]2O[C@@H](n3ccc(N)nc3=O)C(O)[C@H]2O)(C(=O)O)C[C@@H](O)[C@H]1O. The number of nitrogen functional groups attached to an aromatic ring is 1. The predicted molar refractivity (Wildman–Crippen MR) is 116 cm³/mol. The van der Waals surface area contributed by atoms with Crippen molar-refractivity contribution in [3.05, 3.63) is 22.7 Å². The minimum Gasteiger partial charge on any atom is -0.756 e. The van der Waals surface area contributed by atoms with Crippen LogP contribution in [0.2, 0.25) is 0 Å². The second kappa shape index (κ2) is 11.6. The highest BCUT2D eigenvalue weighted by Gasteiger charge is 2.57. The van der Waals surface area contributed by atoms with Gasteiger partial charge in [-0.1, -0.05) is 0 Å².